The molecule has 2 aromatic heterocycles. The number of benzene rings is 1. The van der Waals surface area contributed by atoms with Crippen molar-refractivity contribution in [3.05, 3.63) is 65.1 Å². The van der Waals surface area contributed by atoms with Crippen molar-refractivity contribution in [1.29, 1.82) is 0 Å². The number of aryl methyl sites for hydroxylation is 1. The van der Waals surface area contributed by atoms with Crippen molar-refractivity contribution in [3.63, 3.8) is 0 Å². The number of carbonyl (C=O) groups is 2. The normalized spacial score (nSPS) is 18.7. The molecular weight excluding hydrogens is 400 g/mol. The van der Waals surface area contributed by atoms with Gasteiger partial charge in [-0.3, -0.25) is 9.59 Å². The quantitative estimate of drug-likeness (QED) is 0.583. The number of nitrogens with one attached hydrogen (secondary N) is 2. The maximum Gasteiger partial charge on any atom is 0.256 e. The standard InChI is InChI=1S/C26H32N4O2/c1-16(2)23-15-30-17(3)13-22(26(32)28-20-10-6-5-7-11-20)24(25(30)29-23)19-9-8-12-21(14-19)27-18(4)31/h5-7,10-11,13,15-16,19,21H,8-9,12,14H2,1-4H3,(H,27,31)(H,28,32). The summed E-state index contributed by atoms with van der Waals surface area (Å²) in [5.74, 6) is 0.326. The van der Waals surface area contributed by atoms with Crippen molar-refractivity contribution < 1.29 is 9.59 Å². The van der Waals surface area contributed by atoms with Crippen LogP contribution in [0.2, 0.25) is 0 Å². The molecule has 6 nitrogen and oxygen atoms in total. The third kappa shape index (κ3) is 4.54. The van der Waals surface area contributed by atoms with E-state index in [0.717, 1.165) is 54.0 Å². The number of imidazole rings is 1. The highest BCUT2D eigenvalue weighted by Crippen LogP contribution is 2.38. The number of fused-ring (bicyclic) bond motifs is 1. The Bertz CT molecular complexity index is 1130. The number of para-hydroxylation sites is 1. The molecule has 1 aliphatic carbocycles. The van der Waals surface area contributed by atoms with Crippen LogP contribution in [0.15, 0.2) is 42.6 Å². The van der Waals surface area contributed by atoms with Gasteiger partial charge >= 0.3 is 0 Å². The molecule has 1 aliphatic rings. The number of amides is 2. The Kier molecular flexibility index (Phi) is 6.31. The summed E-state index contributed by atoms with van der Waals surface area (Å²) in [6.45, 7) is 7.85. The molecule has 1 fully saturated rings. The molecule has 2 unspecified atom stereocenters. The number of nitrogens with zero attached hydrogens (tertiary/aromatic N) is 2. The lowest BCUT2D eigenvalue weighted by Crippen LogP contribution is -2.37. The lowest BCUT2D eigenvalue weighted by atomic mass is 9.79. The van der Waals surface area contributed by atoms with Crippen molar-refractivity contribution >= 4 is 23.1 Å². The second-order valence-electron chi connectivity index (χ2n) is 9.21. The van der Waals surface area contributed by atoms with Gasteiger partial charge in [0, 0.05) is 41.7 Å². The van der Waals surface area contributed by atoms with Crippen LogP contribution in [0.4, 0.5) is 5.69 Å². The molecule has 168 valence electrons. The van der Waals surface area contributed by atoms with E-state index in [1.165, 1.54) is 0 Å². The number of aromatic nitrogens is 2. The molecule has 4 rings (SSSR count). The summed E-state index contributed by atoms with van der Waals surface area (Å²) in [4.78, 5) is 30.1. The Morgan fingerprint density at radius 3 is 2.59 bits per heavy atom. The first-order valence-electron chi connectivity index (χ1n) is 11.5. The molecule has 32 heavy (non-hydrogen) atoms. The average molecular weight is 433 g/mol. The maximum atomic E-state index is 13.5. The highest BCUT2D eigenvalue weighted by Gasteiger charge is 2.30. The van der Waals surface area contributed by atoms with E-state index in [1.54, 1.807) is 6.92 Å². The molecule has 0 spiro atoms. The van der Waals surface area contributed by atoms with Gasteiger partial charge in [0.15, 0.2) is 0 Å². The molecule has 0 aliphatic heterocycles. The molecule has 0 radical (unpaired) electrons. The topological polar surface area (TPSA) is 75.5 Å². The minimum Gasteiger partial charge on any atom is -0.354 e. The average Bonchev–Trinajstić information content (AvgIpc) is 3.20. The number of pyridine rings is 1. The first-order chi connectivity index (χ1) is 15.3. The Morgan fingerprint density at radius 2 is 1.91 bits per heavy atom. The number of carbonyl (C=O) groups excluding carboxylic acids is 2. The third-order valence-corrected chi connectivity index (χ3v) is 6.35. The minimum absolute atomic E-state index is 0.00495. The van der Waals surface area contributed by atoms with Crippen LogP contribution in [-0.4, -0.2) is 27.2 Å². The first-order valence-corrected chi connectivity index (χ1v) is 11.5. The molecule has 1 saturated carbocycles. The number of hydrogen-bond donors (Lipinski definition) is 2. The summed E-state index contributed by atoms with van der Waals surface area (Å²) in [5.41, 5.74) is 5.30. The fourth-order valence-corrected chi connectivity index (χ4v) is 4.79. The van der Waals surface area contributed by atoms with Crippen LogP contribution >= 0.6 is 0 Å². The predicted molar refractivity (Wildman–Crippen MR) is 127 cm³/mol. The van der Waals surface area contributed by atoms with Gasteiger partial charge in [-0.15, -0.1) is 0 Å². The van der Waals surface area contributed by atoms with Gasteiger partial charge in [-0.05, 0) is 56.2 Å². The van der Waals surface area contributed by atoms with Crippen molar-refractivity contribution in [2.75, 3.05) is 5.32 Å². The largest absolute Gasteiger partial charge is 0.354 e. The highest BCUT2D eigenvalue weighted by molar-refractivity contribution is 6.06. The monoisotopic (exact) mass is 432 g/mol. The predicted octanol–water partition coefficient (Wildman–Crippen LogP) is 5.18. The van der Waals surface area contributed by atoms with Gasteiger partial charge in [-0.2, -0.15) is 0 Å². The van der Waals surface area contributed by atoms with Crippen LogP contribution in [0, 0.1) is 6.92 Å². The molecule has 2 heterocycles. The molecule has 6 heteroatoms. The Hall–Kier alpha value is -3.15. The van der Waals surface area contributed by atoms with E-state index in [9.17, 15) is 9.59 Å². The highest BCUT2D eigenvalue weighted by atomic mass is 16.2. The van der Waals surface area contributed by atoms with Crippen LogP contribution in [0.1, 0.15) is 85.6 Å². The summed E-state index contributed by atoms with van der Waals surface area (Å²) in [7, 11) is 0. The molecular formula is C26H32N4O2. The van der Waals surface area contributed by atoms with E-state index in [0.29, 0.717) is 11.5 Å². The number of anilines is 1. The van der Waals surface area contributed by atoms with E-state index in [2.05, 4.69) is 35.1 Å². The first kappa shape index (κ1) is 22.1. The Labute approximate surface area is 189 Å². The van der Waals surface area contributed by atoms with Crippen LogP contribution < -0.4 is 10.6 Å². The molecule has 3 aromatic rings. The van der Waals surface area contributed by atoms with E-state index < -0.39 is 0 Å². The van der Waals surface area contributed by atoms with E-state index in [-0.39, 0.29) is 23.8 Å². The second kappa shape index (κ2) is 9.15. The van der Waals surface area contributed by atoms with Gasteiger partial charge in [0.05, 0.1) is 5.69 Å². The smallest absolute Gasteiger partial charge is 0.256 e. The van der Waals surface area contributed by atoms with Gasteiger partial charge in [-0.1, -0.05) is 38.5 Å². The second-order valence-corrected chi connectivity index (χ2v) is 9.21. The van der Waals surface area contributed by atoms with Gasteiger partial charge < -0.3 is 15.0 Å². The van der Waals surface area contributed by atoms with Gasteiger partial charge in [-0.25, -0.2) is 4.98 Å². The van der Waals surface area contributed by atoms with Crippen LogP contribution in [0.25, 0.3) is 5.65 Å². The van der Waals surface area contributed by atoms with E-state index in [1.807, 2.05) is 43.3 Å². The minimum atomic E-state index is -0.118. The summed E-state index contributed by atoms with van der Waals surface area (Å²) in [6, 6.07) is 11.6. The van der Waals surface area contributed by atoms with Crippen molar-refractivity contribution in [1.82, 2.24) is 14.7 Å². The zero-order valence-corrected chi connectivity index (χ0v) is 19.3. The molecule has 0 saturated heterocycles. The molecule has 1 aromatic carbocycles. The van der Waals surface area contributed by atoms with Crippen molar-refractivity contribution in [2.24, 2.45) is 0 Å². The van der Waals surface area contributed by atoms with Crippen molar-refractivity contribution in [3.8, 4) is 0 Å². The number of hydrogen-bond acceptors (Lipinski definition) is 3. The van der Waals surface area contributed by atoms with E-state index in [4.69, 9.17) is 4.98 Å². The fourth-order valence-electron chi connectivity index (χ4n) is 4.79. The Morgan fingerprint density at radius 1 is 1.16 bits per heavy atom. The summed E-state index contributed by atoms with van der Waals surface area (Å²) in [5, 5.41) is 6.14. The van der Waals surface area contributed by atoms with Gasteiger partial charge in [0.2, 0.25) is 5.91 Å². The van der Waals surface area contributed by atoms with Gasteiger partial charge in [0.25, 0.3) is 5.91 Å². The summed E-state index contributed by atoms with van der Waals surface area (Å²) >= 11 is 0. The lowest BCUT2D eigenvalue weighted by molar-refractivity contribution is -0.119. The summed E-state index contributed by atoms with van der Waals surface area (Å²) < 4.78 is 2.12. The lowest BCUT2D eigenvalue weighted by Gasteiger charge is -2.31. The van der Waals surface area contributed by atoms with Crippen LogP contribution in [0.5, 0.6) is 0 Å². The Balaban J connectivity index is 1.81. The molecule has 2 N–H and O–H groups in total. The molecule has 2 atom stereocenters. The van der Waals surface area contributed by atoms with Crippen LogP contribution in [-0.2, 0) is 4.79 Å². The fraction of sp³-hybridized carbons (Fsp3) is 0.423. The van der Waals surface area contributed by atoms with Gasteiger partial charge in [0.1, 0.15) is 5.65 Å². The number of rotatable bonds is 5. The zero-order chi connectivity index (χ0) is 22.8. The third-order valence-electron chi connectivity index (χ3n) is 6.35. The van der Waals surface area contributed by atoms with Crippen molar-refractivity contribution in [2.45, 2.75) is 71.3 Å². The van der Waals surface area contributed by atoms with Crippen LogP contribution in [0.3, 0.4) is 0 Å². The zero-order valence-electron chi connectivity index (χ0n) is 19.3. The SMILES string of the molecule is CC(=O)NC1CCCC(c2c(C(=O)Nc3ccccc3)cc(C)n3cc(C(C)C)nc23)C1. The molecule has 2 amide bonds. The molecule has 0 bridgehead atoms. The summed E-state index contributed by atoms with van der Waals surface area (Å²) in [6.07, 6.45) is 5.85. The maximum absolute atomic E-state index is 13.5. The van der Waals surface area contributed by atoms with E-state index >= 15 is 0 Å².